The maximum absolute atomic E-state index is 13.1. The first kappa shape index (κ1) is 19.7. The molecule has 0 saturated heterocycles. The fraction of sp³-hybridized carbons (Fsp3) is 0.227. The number of carbonyl (C=O) groups excluding carboxylic acids is 1. The van der Waals surface area contributed by atoms with Crippen molar-refractivity contribution in [2.45, 2.75) is 16.2 Å². The fourth-order valence-corrected chi connectivity index (χ4v) is 4.84. The zero-order chi connectivity index (χ0) is 19.1. The Labute approximate surface area is 169 Å². The van der Waals surface area contributed by atoms with Gasteiger partial charge in [-0.15, -0.1) is 23.1 Å². The van der Waals surface area contributed by atoms with Crippen molar-refractivity contribution >= 4 is 29.0 Å². The lowest BCUT2D eigenvalue weighted by Gasteiger charge is -2.25. The lowest BCUT2D eigenvalue weighted by atomic mass is 10.1. The Balaban J connectivity index is 1.74. The normalized spacial score (nSPS) is 13.3. The second-order valence-electron chi connectivity index (χ2n) is 6.46. The van der Waals surface area contributed by atoms with Crippen molar-refractivity contribution in [1.82, 2.24) is 10.2 Å². The average Bonchev–Trinajstić information content (AvgIpc) is 3.22. The van der Waals surface area contributed by atoms with E-state index in [1.54, 1.807) is 23.1 Å². The monoisotopic (exact) mass is 396 g/mol. The molecule has 3 rings (SSSR count). The summed E-state index contributed by atoms with van der Waals surface area (Å²) in [6, 6.07) is 24.4. The van der Waals surface area contributed by atoms with Crippen LogP contribution in [0.3, 0.4) is 0 Å². The van der Waals surface area contributed by atoms with Crippen molar-refractivity contribution in [2.24, 2.45) is 0 Å². The number of amides is 1. The predicted molar refractivity (Wildman–Crippen MR) is 115 cm³/mol. The van der Waals surface area contributed by atoms with Crippen LogP contribution >= 0.6 is 23.1 Å². The summed E-state index contributed by atoms with van der Waals surface area (Å²) < 4.78 is 0. The van der Waals surface area contributed by atoms with Gasteiger partial charge in [0.05, 0.1) is 6.04 Å². The Hall–Kier alpha value is -2.08. The van der Waals surface area contributed by atoms with Crippen LogP contribution in [0, 0.1) is 0 Å². The lowest BCUT2D eigenvalue weighted by Crippen LogP contribution is -2.36. The number of carbonyl (C=O) groups is 1. The molecule has 1 amide bonds. The highest BCUT2D eigenvalue weighted by atomic mass is 32.2. The number of thioether (sulfide) groups is 1. The summed E-state index contributed by atoms with van der Waals surface area (Å²) >= 11 is 3.30. The quantitative estimate of drug-likeness (QED) is 0.544. The molecule has 0 bridgehead atoms. The molecule has 0 aliphatic rings. The smallest absolute Gasteiger partial charge is 0.238 e. The Morgan fingerprint density at radius 1 is 1.00 bits per heavy atom. The van der Waals surface area contributed by atoms with E-state index >= 15 is 0 Å². The SMILES string of the molecule is CN(C)[C@H](CNC(=O)[C@@H](Sc1ccccc1)c1ccccc1)c1cccs1. The second-order valence-corrected chi connectivity index (χ2v) is 8.62. The zero-order valence-electron chi connectivity index (χ0n) is 15.5. The molecule has 0 unspecified atom stereocenters. The molecule has 0 aliphatic heterocycles. The molecule has 1 N–H and O–H groups in total. The van der Waals surface area contributed by atoms with Gasteiger partial charge in [0.25, 0.3) is 0 Å². The number of hydrogen-bond acceptors (Lipinski definition) is 4. The van der Waals surface area contributed by atoms with Crippen molar-refractivity contribution in [3.8, 4) is 0 Å². The molecular formula is C22H24N2OS2. The van der Waals surface area contributed by atoms with Gasteiger partial charge in [-0.2, -0.15) is 0 Å². The van der Waals surface area contributed by atoms with E-state index in [-0.39, 0.29) is 17.2 Å². The Bertz CT molecular complexity index is 820. The fourth-order valence-electron chi connectivity index (χ4n) is 2.84. The summed E-state index contributed by atoms with van der Waals surface area (Å²) in [4.78, 5) is 17.6. The maximum Gasteiger partial charge on any atom is 0.238 e. The zero-order valence-corrected chi connectivity index (χ0v) is 17.2. The third-order valence-corrected chi connectivity index (χ3v) is 6.54. The van der Waals surface area contributed by atoms with Crippen LogP contribution in [0.2, 0.25) is 0 Å². The molecule has 140 valence electrons. The molecule has 0 radical (unpaired) electrons. The molecule has 3 aromatic rings. The molecule has 0 saturated carbocycles. The van der Waals surface area contributed by atoms with E-state index < -0.39 is 0 Å². The van der Waals surface area contributed by atoms with E-state index in [0.29, 0.717) is 6.54 Å². The predicted octanol–water partition coefficient (Wildman–Crippen LogP) is 5.00. The third kappa shape index (κ3) is 5.45. The van der Waals surface area contributed by atoms with E-state index in [2.05, 4.69) is 27.7 Å². The van der Waals surface area contributed by atoms with E-state index in [1.807, 2.05) is 74.8 Å². The molecule has 1 aromatic heterocycles. The van der Waals surface area contributed by atoms with Gasteiger partial charge in [-0.1, -0.05) is 54.6 Å². The standard InChI is InChI=1S/C22H24N2OS2/c1-24(2)19(20-14-9-15-26-20)16-23-22(25)21(17-10-5-3-6-11-17)27-18-12-7-4-8-13-18/h3-15,19,21H,16H2,1-2H3,(H,23,25)/t19-,21+/m1/s1. The van der Waals surface area contributed by atoms with Gasteiger partial charge in [-0.05, 0) is 43.2 Å². The minimum Gasteiger partial charge on any atom is -0.353 e. The van der Waals surface area contributed by atoms with Gasteiger partial charge in [0.2, 0.25) is 5.91 Å². The molecule has 2 aromatic carbocycles. The summed E-state index contributed by atoms with van der Waals surface area (Å²) in [6.45, 7) is 0.588. The van der Waals surface area contributed by atoms with Crippen molar-refractivity contribution in [2.75, 3.05) is 20.6 Å². The van der Waals surface area contributed by atoms with Crippen molar-refractivity contribution in [1.29, 1.82) is 0 Å². The van der Waals surface area contributed by atoms with Crippen LogP contribution in [0.5, 0.6) is 0 Å². The highest BCUT2D eigenvalue weighted by Gasteiger charge is 2.24. The molecule has 3 nitrogen and oxygen atoms in total. The van der Waals surface area contributed by atoms with Crippen LogP contribution in [-0.2, 0) is 4.79 Å². The molecule has 0 spiro atoms. The van der Waals surface area contributed by atoms with Crippen LogP contribution in [0.25, 0.3) is 0 Å². The first-order valence-electron chi connectivity index (χ1n) is 8.89. The first-order chi connectivity index (χ1) is 13.1. The summed E-state index contributed by atoms with van der Waals surface area (Å²) in [5.74, 6) is 0.0402. The molecule has 5 heteroatoms. The summed E-state index contributed by atoms with van der Waals surface area (Å²) in [7, 11) is 4.09. The first-order valence-corrected chi connectivity index (χ1v) is 10.7. The number of benzene rings is 2. The summed E-state index contributed by atoms with van der Waals surface area (Å²) in [5, 5.41) is 4.97. The number of thiophene rings is 1. The number of likely N-dealkylation sites (N-methyl/N-ethyl adjacent to an activating group) is 1. The van der Waals surface area contributed by atoms with E-state index in [9.17, 15) is 4.79 Å². The highest BCUT2D eigenvalue weighted by Crippen LogP contribution is 2.35. The van der Waals surface area contributed by atoms with Crippen LogP contribution in [-0.4, -0.2) is 31.4 Å². The van der Waals surface area contributed by atoms with Gasteiger partial charge in [0, 0.05) is 16.3 Å². The molecule has 27 heavy (non-hydrogen) atoms. The van der Waals surface area contributed by atoms with Crippen molar-refractivity contribution in [3.05, 3.63) is 88.6 Å². The molecule has 0 aliphatic carbocycles. The minimum atomic E-state index is -0.278. The average molecular weight is 397 g/mol. The number of rotatable bonds is 8. The van der Waals surface area contributed by atoms with Crippen molar-refractivity contribution < 1.29 is 4.79 Å². The van der Waals surface area contributed by atoms with Crippen LogP contribution in [0.15, 0.2) is 83.1 Å². The third-order valence-electron chi connectivity index (χ3n) is 4.30. The van der Waals surface area contributed by atoms with Gasteiger partial charge in [0.1, 0.15) is 5.25 Å². The van der Waals surface area contributed by atoms with Gasteiger partial charge in [0.15, 0.2) is 0 Å². The van der Waals surface area contributed by atoms with E-state index in [4.69, 9.17) is 0 Å². The van der Waals surface area contributed by atoms with Crippen molar-refractivity contribution in [3.63, 3.8) is 0 Å². The van der Waals surface area contributed by atoms with Gasteiger partial charge < -0.3 is 10.2 Å². The Kier molecular flexibility index (Phi) is 7.10. The van der Waals surface area contributed by atoms with E-state index in [1.165, 1.54) is 4.88 Å². The van der Waals surface area contributed by atoms with E-state index in [0.717, 1.165) is 10.5 Å². The Morgan fingerprint density at radius 3 is 2.26 bits per heavy atom. The topological polar surface area (TPSA) is 32.3 Å². The van der Waals surface area contributed by atoms with Crippen LogP contribution < -0.4 is 5.32 Å². The van der Waals surface area contributed by atoms with Crippen LogP contribution in [0.1, 0.15) is 21.7 Å². The number of nitrogens with zero attached hydrogens (tertiary/aromatic N) is 1. The highest BCUT2D eigenvalue weighted by molar-refractivity contribution is 8.00. The maximum atomic E-state index is 13.1. The number of nitrogens with one attached hydrogen (secondary N) is 1. The molecular weight excluding hydrogens is 372 g/mol. The lowest BCUT2D eigenvalue weighted by molar-refractivity contribution is -0.120. The van der Waals surface area contributed by atoms with Crippen LogP contribution in [0.4, 0.5) is 0 Å². The minimum absolute atomic E-state index is 0.0402. The Morgan fingerprint density at radius 2 is 1.67 bits per heavy atom. The largest absolute Gasteiger partial charge is 0.353 e. The second kappa shape index (κ2) is 9.74. The van der Waals surface area contributed by atoms with Gasteiger partial charge in [-0.3, -0.25) is 4.79 Å². The van der Waals surface area contributed by atoms with Gasteiger partial charge >= 0.3 is 0 Å². The molecule has 1 heterocycles. The van der Waals surface area contributed by atoms with Gasteiger partial charge in [-0.25, -0.2) is 0 Å². The molecule has 0 fully saturated rings. The molecule has 2 atom stereocenters. The number of hydrogen-bond donors (Lipinski definition) is 1. The summed E-state index contributed by atoms with van der Waals surface area (Å²) in [5.41, 5.74) is 1.02. The summed E-state index contributed by atoms with van der Waals surface area (Å²) in [6.07, 6.45) is 0.